The molecule has 5 nitrogen and oxygen atoms in total. The van der Waals surface area contributed by atoms with E-state index in [1.54, 1.807) is 24.3 Å². The van der Waals surface area contributed by atoms with Gasteiger partial charge in [0.05, 0.1) is 0 Å². The number of amides is 3. The quantitative estimate of drug-likeness (QED) is 0.812. The fraction of sp³-hybridized carbons (Fsp3) is 0.125. The van der Waals surface area contributed by atoms with Crippen LogP contribution in [0.15, 0.2) is 54.6 Å². The van der Waals surface area contributed by atoms with Crippen molar-refractivity contribution in [3.63, 3.8) is 0 Å². The van der Waals surface area contributed by atoms with Crippen molar-refractivity contribution in [1.82, 2.24) is 10.6 Å². The normalized spacial score (nSPS) is 11.4. The summed E-state index contributed by atoms with van der Waals surface area (Å²) in [6.45, 7) is 0. The number of anilines is 1. The molecule has 22 heavy (non-hydrogen) atoms. The summed E-state index contributed by atoms with van der Waals surface area (Å²) >= 11 is 5.86. The van der Waals surface area contributed by atoms with Crippen molar-refractivity contribution in [2.75, 3.05) is 12.4 Å². The summed E-state index contributed by atoms with van der Waals surface area (Å²) in [7, 11) is 1.45. The lowest BCUT2D eigenvalue weighted by Crippen LogP contribution is -2.42. The summed E-state index contributed by atoms with van der Waals surface area (Å²) in [5.41, 5.74) is 1.48. The lowest BCUT2D eigenvalue weighted by atomic mass is 10.1. The number of carbonyl (C=O) groups is 2. The number of benzene rings is 2. The molecule has 2 rings (SSSR count). The molecule has 0 unspecified atom stereocenters. The summed E-state index contributed by atoms with van der Waals surface area (Å²) in [4.78, 5) is 23.7. The molecule has 1 atom stereocenters. The SMILES string of the molecule is CNC(=O)NC(=O)[C@@H](Nc1ccc(Cl)cc1)c1ccccc1. The van der Waals surface area contributed by atoms with Crippen LogP contribution < -0.4 is 16.0 Å². The minimum atomic E-state index is -0.695. The van der Waals surface area contributed by atoms with E-state index in [-0.39, 0.29) is 0 Å². The monoisotopic (exact) mass is 317 g/mol. The second kappa shape index (κ2) is 7.47. The van der Waals surface area contributed by atoms with Crippen molar-refractivity contribution in [2.45, 2.75) is 6.04 Å². The molecule has 0 bridgehead atoms. The maximum Gasteiger partial charge on any atom is 0.321 e. The zero-order valence-corrected chi connectivity index (χ0v) is 12.7. The van der Waals surface area contributed by atoms with Crippen LogP contribution in [-0.4, -0.2) is 19.0 Å². The van der Waals surface area contributed by atoms with E-state index in [2.05, 4.69) is 16.0 Å². The third-order valence-corrected chi connectivity index (χ3v) is 3.27. The van der Waals surface area contributed by atoms with Gasteiger partial charge < -0.3 is 10.6 Å². The lowest BCUT2D eigenvalue weighted by Gasteiger charge is -2.19. The Morgan fingerprint density at radius 3 is 2.23 bits per heavy atom. The molecule has 0 saturated carbocycles. The third-order valence-electron chi connectivity index (χ3n) is 3.01. The molecule has 0 heterocycles. The van der Waals surface area contributed by atoms with Crippen molar-refractivity contribution >= 4 is 29.2 Å². The number of imide groups is 1. The van der Waals surface area contributed by atoms with E-state index in [0.717, 1.165) is 11.3 Å². The summed E-state index contributed by atoms with van der Waals surface area (Å²) in [6, 6.07) is 14.9. The first-order valence-electron chi connectivity index (χ1n) is 6.70. The molecule has 2 aromatic carbocycles. The van der Waals surface area contributed by atoms with E-state index in [1.807, 2.05) is 30.3 Å². The average Bonchev–Trinajstić information content (AvgIpc) is 2.54. The predicted molar refractivity (Wildman–Crippen MR) is 86.9 cm³/mol. The maximum atomic E-state index is 12.3. The van der Waals surface area contributed by atoms with Gasteiger partial charge in [-0.25, -0.2) is 4.79 Å². The molecule has 2 aromatic rings. The smallest absolute Gasteiger partial charge is 0.321 e. The fourth-order valence-electron chi connectivity index (χ4n) is 1.91. The summed E-state index contributed by atoms with van der Waals surface area (Å²) in [5, 5.41) is 8.35. The number of rotatable bonds is 4. The van der Waals surface area contributed by atoms with Crippen LogP contribution in [0.5, 0.6) is 0 Å². The number of hydrogen-bond donors (Lipinski definition) is 3. The molecule has 3 N–H and O–H groups in total. The zero-order valence-electron chi connectivity index (χ0n) is 12.0. The molecule has 114 valence electrons. The molecule has 0 aliphatic heterocycles. The van der Waals surface area contributed by atoms with Gasteiger partial charge in [0, 0.05) is 17.8 Å². The average molecular weight is 318 g/mol. The van der Waals surface area contributed by atoms with Gasteiger partial charge in [0.25, 0.3) is 5.91 Å². The Hall–Kier alpha value is -2.53. The largest absolute Gasteiger partial charge is 0.370 e. The highest BCUT2D eigenvalue weighted by Crippen LogP contribution is 2.21. The predicted octanol–water partition coefficient (Wildman–Crippen LogP) is 2.95. The Kier molecular flexibility index (Phi) is 5.38. The molecule has 0 fully saturated rings. The highest BCUT2D eigenvalue weighted by molar-refractivity contribution is 6.30. The molecule has 0 aromatic heterocycles. The number of nitrogens with one attached hydrogen (secondary N) is 3. The van der Waals surface area contributed by atoms with Crippen molar-refractivity contribution in [3.05, 3.63) is 65.2 Å². The van der Waals surface area contributed by atoms with Gasteiger partial charge in [-0.2, -0.15) is 0 Å². The third kappa shape index (κ3) is 4.23. The van der Waals surface area contributed by atoms with Gasteiger partial charge in [-0.1, -0.05) is 41.9 Å². The standard InChI is InChI=1S/C16H16ClN3O2/c1-18-16(22)20-15(21)14(11-5-3-2-4-6-11)19-13-9-7-12(17)8-10-13/h2-10,14,19H,1H3,(H2,18,20,21,22)/t14-/m0/s1. The molecular formula is C16H16ClN3O2. The van der Waals surface area contributed by atoms with Crippen molar-refractivity contribution in [3.8, 4) is 0 Å². The van der Waals surface area contributed by atoms with Gasteiger partial charge in [-0.3, -0.25) is 10.1 Å². The van der Waals surface area contributed by atoms with Crippen molar-refractivity contribution in [1.29, 1.82) is 0 Å². The molecular weight excluding hydrogens is 302 g/mol. The first-order valence-corrected chi connectivity index (χ1v) is 7.07. The van der Waals surface area contributed by atoms with E-state index in [4.69, 9.17) is 11.6 Å². The van der Waals surface area contributed by atoms with E-state index in [0.29, 0.717) is 5.02 Å². The second-order valence-electron chi connectivity index (χ2n) is 4.56. The Morgan fingerprint density at radius 2 is 1.64 bits per heavy atom. The van der Waals surface area contributed by atoms with Crippen LogP contribution in [0.4, 0.5) is 10.5 Å². The molecule has 0 saturated heterocycles. The van der Waals surface area contributed by atoms with Gasteiger partial charge in [-0.15, -0.1) is 0 Å². The van der Waals surface area contributed by atoms with Crippen LogP contribution in [0, 0.1) is 0 Å². The van der Waals surface area contributed by atoms with Crippen LogP contribution in [0.3, 0.4) is 0 Å². The van der Waals surface area contributed by atoms with Crippen LogP contribution in [0.1, 0.15) is 11.6 Å². The van der Waals surface area contributed by atoms with Crippen molar-refractivity contribution in [2.24, 2.45) is 0 Å². The Balaban J connectivity index is 2.23. The van der Waals surface area contributed by atoms with Gasteiger partial charge in [0.2, 0.25) is 0 Å². The van der Waals surface area contributed by atoms with Crippen molar-refractivity contribution < 1.29 is 9.59 Å². The summed E-state index contributed by atoms with van der Waals surface area (Å²) in [5.74, 6) is -0.444. The lowest BCUT2D eigenvalue weighted by molar-refractivity contribution is -0.120. The number of hydrogen-bond acceptors (Lipinski definition) is 3. The molecule has 3 amide bonds. The Labute approximate surface area is 133 Å². The van der Waals surface area contributed by atoms with E-state index in [1.165, 1.54) is 7.05 Å². The van der Waals surface area contributed by atoms with E-state index in [9.17, 15) is 9.59 Å². The molecule has 0 spiro atoms. The topological polar surface area (TPSA) is 70.2 Å². The number of carbonyl (C=O) groups excluding carboxylic acids is 2. The summed E-state index contributed by atoms with van der Waals surface area (Å²) < 4.78 is 0. The molecule has 6 heteroatoms. The van der Waals surface area contributed by atoms with Crippen LogP contribution in [0.25, 0.3) is 0 Å². The van der Waals surface area contributed by atoms with Gasteiger partial charge >= 0.3 is 6.03 Å². The first kappa shape index (κ1) is 15.9. The first-order chi connectivity index (χ1) is 10.6. The van der Waals surface area contributed by atoms with Crippen LogP contribution in [0.2, 0.25) is 5.02 Å². The van der Waals surface area contributed by atoms with Gasteiger partial charge in [0.1, 0.15) is 6.04 Å². The number of halogens is 1. The highest BCUT2D eigenvalue weighted by Gasteiger charge is 2.21. The number of urea groups is 1. The Bertz CT molecular complexity index is 644. The highest BCUT2D eigenvalue weighted by atomic mass is 35.5. The van der Waals surface area contributed by atoms with Gasteiger partial charge in [-0.05, 0) is 29.8 Å². The van der Waals surface area contributed by atoms with Crippen LogP contribution >= 0.6 is 11.6 Å². The maximum absolute atomic E-state index is 12.3. The molecule has 0 radical (unpaired) electrons. The minimum absolute atomic E-state index is 0.444. The summed E-state index contributed by atoms with van der Waals surface area (Å²) in [6.07, 6.45) is 0. The Morgan fingerprint density at radius 1 is 1.00 bits per heavy atom. The fourth-order valence-corrected chi connectivity index (χ4v) is 2.03. The molecule has 0 aliphatic rings. The van der Waals surface area contributed by atoms with E-state index >= 15 is 0 Å². The molecule has 0 aliphatic carbocycles. The minimum Gasteiger partial charge on any atom is -0.370 e. The van der Waals surface area contributed by atoms with Gasteiger partial charge in [0.15, 0.2) is 0 Å². The van der Waals surface area contributed by atoms with E-state index < -0.39 is 18.0 Å². The van der Waals surface area contributed by atoms with Crippen LogP contribution in [-0.2, 0) is 4.79 Å². The zero-order chi connectivity index (χ0) is 15.9. The second-order valence-corrected chi connectivity index (χ2v) is 5.00.